The van der Waals surface area contributed by atoms with Crippen molar-refractivity contribution in [1.29, 1.82) is 0 Å². The van der Waals surface area contributed by atoms with E-state index in [1.54, 1.807) is 7.11 Å². The fourth-order valence-corrected chi connectivity index (χ4v) is 5.73. The molecule has 0 radical (unpaired) electrons. The number of pyridine rings is 1. The molecule has 1 N–H and O–H groups in total. The molecule has 4 heterocycles. The Morgan fingerprint density at radius 2 is 2.09 bits per heavy atom. The summed E-state index contributed by atoms with van der Waals surface area (Å²) in [7, 11) is 1.68. The van der Waals surface area contributed by atoms with Crippen LogP contribution in [0, 0.1) is 13.8 Å². The number of benzene rings is 1. The molecular weight excluding hydrogens is 468 g/mol. The summed E-state index contributed by atoms with van der Waals surface area (Å²) < 4.78 is 13.9. The van der Waals surface area contributed by atoms with Crippen LogP contribution in [0.3, 0.4) is 0 Å². The molecule has 2 aromatic heterocycles. The van der Waals surface area contributed by atoms with Crippen LogP contribution in [0.4, 0.5) is 0 Å². The molecule has 8 heteroatoms. The molecular formula is C26H29ClN4O2S. The number of hydrogen-bond donors (Lipinski definition) is 1. The molecule has 178 valence electrons. The first-order valence-corrected chi connectivity index (χ1v) is 12.4. The van der Waals surface area contributed by atoms with E-state index in [0.717, 1.165) is 59.6 Å². The second-order valence-electron chi connectivity index (χ2n) is 8.89. The minimum Gasteiger partial charge on any atom is -0.495 e. The highest BCUT2D eigenvalue weighted by molar-refractivity contribution is 7.80. The van der Waals surface area contributed by atoms with Crippen LogP contribution in [0.2, 0.25) is 5.02 Å². The minimum absolute atomic E-state index is 0.0169. The number of aromatic nitrogens is 2. The van der Waals surface area contributed by atoms with E-state index >= 15 is 0 Å². The molecule has 6 nitrogen and oxygen atoms in total. The quantitative estimate of drug-likeness (QED) is 0.467. The Bertz CT molecular complexity index is 1190. The number of aryl methyl sites for hydroxylation is 1. The third-order valence-corrected chi connectivity index (χ3v) is 7.38. The van der Waals surface area contributed by atoms with Gasteiger partial charge in [-0.3, -0.25) is 4.98 Å². The highest BCUT2D eigenvalue weighted by Gasteiger charge is 2.42. The largest absolute Gasteiger partial charge is 0.495 e. The molecule has 2 aliphatic rings. The van der Waals surface area contributed by atoms with Crippen molar-refractivity contribution < 1.29 is 9.47 Å². The summed E-state index contributed by atoms with van der Waals surface area (Å²) in [5.41, 5.74) is 5.30. The summed E-state index contributed by atoms with van der Waals surface area (Å²) >= 11 is 12.2. The molecule has 1 aromatic carbocycles. The van der Waals surface area contributed by atoms with Gasteiger partial charge < -0.3 is 24.3 Å². The topological polar surface area (TPSA) is 51.5 Å². The van der Waals surface area contributed by atoms with Gasteiger partial charge in [0.2, 0.25) is 0 Å². The van der Waals surface area contributed by atoms with Gasteiger partial charge in [-0.2, -0.15) is 0 Å². The van der Waals surface area contributed by atoms with E-state index in [1.165, 1.54) is 5.56 Å². The van der Waals surface area contributed by atoms with Gasteiger partial charge in [0.05, 0.1) is 36.7 Å². The number of halogens is 1. The maximum absolute atomic E-state index is 6.38. The van der Waals surface area contributed by atoms with Crippen LogP contribution in [-0.4, -0.2) is 45.9 Å². The Kier molecular flexibility index (Phi) is 6.51. The standard InChI is InChI=1S/C26H29ClN4O2S/c1-16-13-20(17(2)31(16)22-14-18(27)9-10-23(22)32-3)25-24(21-8-4-5-11-28-21)29-26(34)30(25)15-19-7-6-12-33-19/h4-5,8-11,13-14,19,24-25H,6-7,12,15H2,1-3H3,(H,29,34). The lowest BCUT2D eigenvalue weighted by Crippen LogP contribution is -2.36. The van der Waals surface area contributed by atoms with Crippen molar-refractivity contribution in [2.45, 2.75) is 44.9 Å². The van der Waals surface area contributed by atoms with Crippen LogP contribution in [0.5, 0.6) is 5.75 Å². The van der Waals surface area contributed by atoms with E-state index in [2.05, 4.69) is 45.7 Å². The SMILES string of the molecule is COc1ccc(Cl)cc1-n1c(C)cc(C2C(c3ccccn3)NC(=S)N2CC2CCCO2)c1C. The third kappa shape index (κ3) is 4.17. The van der Waals surface area contributed by atoms with Gasteiger partial charge in [-0.1, -0.05) is 17.7 Å². The first kappa shape index (κ1) is 23.1. The van der Waals surface area contributed by atoms with Gasteiger partial charge in [-0.05, 0) is 80.9 Å². The van der Waals surface area contributed by atoms with Gasteiger partial charge in [0.25, 0.3) is 0 Å². The molecule has 2 saturated heterocycles. The van der Waals surface area contributed by atoms with E-state index in [-0.39, 0.29) is 18.2 Å². The molecule has 0 amide bonds. The number of thiocarbonyl (C=S) groups is 1. The molecule has 0 bridgehead atoms. The predicted octanol–water partition coefficient (Wildman–Crippen LogP) is 5.30. The van der Waals surface area contributed by atoms with Crippen molar-refractivity contribution in [3.63, 3.8) is 0 Å². The summed E-state index contributed by atoms with van der Waals surface area (Å²) in [5, 5.41) is 4.96. The number of rotatable bonds is 6. The average Bonchev–Trinajstić information content (AvgIpc) is 3.53. The Balaban J connectivity index is 1.62. The molecule has 34 heavy (non-hydrogen) atoms. The van der Waals surface area contributed by atoms with Crippen molar-refractivity contribution in [1.82, 2.24) is 19.8 Å². The number of ether oxygens (including phenoxy) is 2. The first-order chi connectivity index (χ1) is 16.5. The van der Waals surface area contributed by atoms with Gasteiger partial charge >= 0.3 is 0 Å². The lowest BCUT2D eigenvalue weighted by molar-refractivity contribution is 0.0842. The third-order valence-electron chi connectivity index (χ3n) is 6.79. The van der Waals surface area contributed by atoms with E-state index in [9.17, 15) is 0 Å². The Morgan fingerprint density at radius 1 is 1.24 bits per heavy atom. The fraction of sp³-hybridized carbons (Fsp3) is 0.385. The summed E-state index contributed by atoms with van der Waals surface area (Å²) in [6.45, 7) is 5.82. The van der Waals surface area contributed by atoms with Crippen molar-refractivity contribution in [3.8, 4) is 11.4 Å². The molecule has 3 unspecified atom stereocenters. The molecule has 0 spiro atoms. The van der Waals surface area contributed by atoms with Crippen molar-refractivity contribution in [2.24, 2.45) is 0 Å². The lowest BCUT2D eigenvalue weighted by atomic mass is 9.96. The molecule has 3 atom stereocenters. The van der Waals surface area contributed by atoms with E-state index in [0.29, 0.717) is 5.02 Å². The zero-order valence-corrected chi connectivity index (χ0v) is 21.2. The van der Waals surface area contributed by atoms with E-state index in [4.69, 9.17) is 33.3 Å². The number of methoxy groups -OCH3 is 1. The normalized spacial score (nSPS) is 22.3. The van der Waals surface area contributed by atoms with Crippen LogP contribution in [-0.2, 0) is 4.74 Å². The van der Waals surface area contributed by atoms with Crippen LogP contribution in [0.25, 0.3) is 5.69 Å². The van der Waals surface area contributed by atoms with Gasteiger partial charge in [0, 0.05) is 35.8 Å². The molecule has 2 aliphatic heterocycles. The molecule has 2 fully saturated rings. The molecule has 0 saturated carbocycles. The van der Waals surface area contributed by atoms with E-state index in [1.807, 2.05) is 36.5 Å². The number of nitrogens with zero attached hydrogens (tertiary/aromatic N) is 3. The maximum Gasteiger partial charge on any atom is 0.170 e. The summed E-state index contributed by atoms with van der Waals surface area (Å²) in [5.74, 6) is 0.773. The zero-order chi connectivity index (χ0) is 23.8. The monoisotopic (exact) mass is 496 g/mol. The van der Waals surface area contributed by atoms with E-state index < -0.39 is 0 Å². The Hall–Kier alpha value is -2.61. The zero-order valence-electron chi connectivity index (χ0n) is 19.6. The molecule has 3 aromatic rings. The van der Waals surface area contributed by atoms with Crippen molar-refractivity contribution in [3.05, 3.63) is 76.3 Å². The Labute approximate surface area is 210 Å². The minimum atomic E-state index is -0.0645. The first-order valence-electron chi connectivity index (χ1n) is 11.6. The Morgan fingerprint density at radius 3 is 2.79 bits per heavy atom. The van der Waals surface area contributed by atoms with Crippen LogP contribution < -0.4 is 10.1 Å². The van der Waals surface area contributed by atoms with Gasteiger partial charge in [-0.15, -0.1) is 0 Å². The van der Waals surface area contributed by atoms with Crippen LogP contribution in [0.1, 0.15) is 47.6 Å². The molecule has 0 aliphatic carbocycles. The summed E-state index contributed by atoms with van der Waals surface area (Å²) in [6.07, 6.45) is 4.16. The maximum atomic E-state index is 6.38. The smallest absolute Gasteiger partial charge is 0.170 e. The average molecular weight is 497 g/mol. The molecule has 5 rings (SSSR count). The van der Waals surface area contributed by atoms with Gasteiger partial charge in [0.15, 0.2) is 5.11 Å². The van der Waals surface area contributed by atoms with Gasteiger partial charge in [-0.25, -0.2) is 0 Å². The van der Waals surface area contributed by atoms with Crippen molar-refractivity contribution >= 4 is 28.9 Å². The highest BCUT2D eigenvalue weighted by Crippen LogP contribution is 2.42. The summed E-state index contributed by atoms with van der Waals surface area (Å²) in [4.78, 5) is 6.95. The van der Waals surface area contributed by atoms with Gasteiger partial charge in [0.1, 0.15) is 5.75 Å². The highest BCUT2D eigenvalue weighted by atomic mass is 35.5. The number of nitrogens with one attached hydrogen (secondary N) is 1. The number of hydrogen-bond acceptors (Lipinski definition) is 4. The fourth-order valence-electron chi connectivity index (χ4n) is 5.24. The van der Waals surface area contributed by atoms with Crippen LogP contribution >= 0.6 is 23.8 Å². The van der Waals surface area contributed by atoms with Crippen LogP contribution in [0.15, 0.2) is 48.7 Å². The second-order valence-corrected chi connectivity index (χ2v) is 9.72. The predicted molar refractivity (Wildman–Crippen MR) is 138 cm³/mol. The summed E-state index contributed by atoms with van der Waals surface area (Å²) in [6, 6.07) is 13.9. The second kappa shape index (κ2) is 9.56. The lowest BCUT2D eigenvalue weighted by Gasteiger charge is -2.30. The van der Waals surface area contributed by atoms with Crippen molar-refractivity contribution in [2.75, 3.05) is 20.3 Å².